The molecule has 2 fully saturated rings. The second-order valence-electron chi connectivity index (χ2n) is 5.48. The summed E-state index contributed by atoms with van der Waals surface area (Å²) in [6, 6.07) is 0.336. The number of fused-ring (bicyclic) bond motifs is 1. The lowest BCUT2D eigenvalue weighted by Gasteiger charge is -2.43. The minimum atomic E-state index is -3.53. The highest BCUT2D eigenvalue weighted by Gasteiger charge is 2.36. The van der Waals surface area contributed by atoms with E-state index in [1.54, 1.807) is 11.2 Å². The van der Waals surface area contributed by atoms with Gasteiger partial charge in [0.25, 0.3) is 10.0 Å². The third-order valence-corrected chi connectivity index (χ3v) is 7.60. The molecule has 0 radical (unpaired) electrons. The number of rotatable bonds is 2. The molecule has 0 amide bonds. The largest absolute Gasteiger partial charge is 0.315 e. The van der Waals surface area contributed by atoms with E-state index >= 15 is 0 Å². The molecule has 3 heterocycles. The molecular weight excluding hydrogens is 298 g/mol. The zero-order chi connectivity index (χ0) is 14.3. The maximum absolute atomic E-state index is 12.7. The topological polar surface area (TPSA) is 73.5 Å². The molecule has 2 saturated heterocycles. The van der Waals surface area contributed by atoms with Crippen LogP contribution in [0.2, 0.25) is 0 Å². The fourth-order valence-electron chi connectivity index (χ4n) is 3.10. The van der Waals surface area contributed by atoms with Crippen LogP contribution in [0.1, 0.15) is 25.0 Å². The summed E-state index contributed by atoms with van der Waals surface area (Å²) in [5.74, 6) is 0. The van der Waals surface area contributed by atoms with Crippen molar-refractivity contribution in [3.05, 3.63) is 15.4 Å². The maximum Gasteiger partial charge on any atom is 0.305 e. The first-order valence-electron chi connectivity index (χ1n) is 6.92. The van der Waals surface area contributed by atoms with E-state index in [-0.39, 0.29) is 9.08 Å². The van der Waals surface area contributed by atoms with Gasteiger partial charge in [0.15, 0.2) is 4.21 Å². The predicted octanol–water partition coefficient (Wildman–Crippen LogP) is 0.604. The number of sulfonamides is 1. The molecule has 0 saturated carbocycles. The van der Waals surface area contributed by atoms with Crippen LogP contribution >= 0.6 is 11.3 Å². The van der Waals surface area contributed by atoms with Gasteiger partial charge >= 0.3 is 4.87 Å². The number of piperidine rings is 1. The summed E-state index contributed by atoms with van der Waals surface area (Å²) in [5.41, 5.74) is 0.450. The molecule has 3 rings (SSSR count). The molecule has 0 aromatic carbocycles. The normalized spacial score (nSPS) is 25.6. The molecule has 1 unspecified atom stereocenters. The summed E-state index contributed by atoms with van der Waals surface area (Å²) in [4.78, 5) is 16.0. The zero-order valence-corrected chi connectivity index (χ0v) is 13.1. The van der Waals surface area contributed by atoms with Gasteiger partial charge in [-0.2, -0.15) is 4.31 Å². The second kappa shape index (κ2) is 5.25. The van der Waals surface area contributed by atoms with Gasteiger partial charge in [-0.05, 0) is 26.3 Å². The SMILES string of the molecule is Cc1[nH]c(=O)sc1S(=O)(=O)N1CCN2CCCCC2C1. The van der Waals surface area contributed by atoms with E-state index in [1.165, 1.54) is 12.8 Å². The van der Waals surface area contributed by atoms with E-state index in [0.29, 0.717) is 24.8 Å². The number of aryl methyl sites for hydroxylation is 1. The molecule has 1 aromatic heterocycles. The van der Waals surface area contributed by atoms with Crippen LogP contribution in [0.4, 0.5) is 0 Å². The molecule has 0 aliphatic carbocycles. The van der Waals surface area contributed by atoms with Gasteiger partial charge in [0.2, 0.25) is 0 Å². The lowest BCUT2D eigenvalue weighted by Crippen LogP contribution is -2.56. The Kier molecular flexibility index (Phi) is 3.74. The number of hydrogen-bond donors (Lipinski definition) is 1. The lowest BCUT2D eigenvalue weighted by molar-refractivity contribution is 0.0852. The molecule has 20 heavy (non-hydrogen) atoms. The highest BCUT2D eigenvalue weighted by molar-refractivity contribution is 7.91. The van der Waals surface area contributed by atoms with Crippen LogP contribution in [0.5, 0.6) is 0 Å². The van der Waals surface area contributed by atoms with E-state index in [1.807, 2.05) is 0 Å². The maximum atomic E-state index is 12.7. The standard InChI is InChI=1S/C12H19N3O3S2/c1-9-11(19-12(16)13-9)20(17,18)15-7-6-14-5-3-2-4-10(14)8-15/h10H,2-8H2,1H3,(H,13,16). The quantitative estimate of drug-likeness (QED) is 0.867. The molecule has 2 aliphatic rings. The van der Waals surface area contributed by atoms with E-state index in [9.17, 15) is 13.2 Å². The first-order chi connectivity index (χ1) is 9.48. The summed E-state index contributed by atoms with van der Waals surface area (Å²) in [6.07, 6.45) is 3.45. The molecule has 0 bridgehead atoms. The average Bonchev–Trinajstić information content (AvgIpc) is 2.78. The Hall–Kier alpha value is -0.700. The van der Waals surface area contributed by atoms with Gasteiger partial charge in [-0.3, -0.25) is 9.69 Å². The van der Waals surface area contributed by atoms with Gasteiger partial charge in [0.05, 0.1) is 0 Å². The number of piperazine rings is 1. The van der Waals surface area contributed by atoms with Crippen LogP contribution < -0.4 is 4.87 Å². The molecule has 1 N–H and O–H groups in total. The Morgan fingerprint density at radius 1 is 1.25 bits per heavy atom. The summed E-state index contributed by atoms with van der Waals surface area (Å²) in [5, 5.41) is 0. The summed E-state index contributed by atoms with van der Waals surface area (Å²) < 4.78 is 27.0. The molecule has 6 nitrogen and oxygen atoms in total. The average molecular weight is 317 g/mol. The summed E-state index contributed by atoms with van der Waals surface area (Å²) in [6.45, 7) is 4.58. The van der Waals surface area contributed by atoms with Gasteiger partial charge in [0.1, 0.15) is 0 Å². The number of nitrogens with zero attached hydrogens (tertiary/aromatic N) is 2. The van der Waals surface area contributed by atoms with Crippen LogP contribution in [-0.2, 0) is 10.0 Å². The minimum Gasteiger partial charge on any atom is -0.315 e. The number of aromatic nitrogens is 1. The van der Waals surface area contributed by atoms with E-state index < -0.39 is 10.0 Å². The Morgan fingerprint density at radius 3 is 2.75 bits per heavy atom. The first kappa shape index (κ1) is 14.2. The van der Waals surface area contributed by atoms with Crippen LogP contribution in [0.3, 0.4) is 0 Å². The highest BCUT2D eigenvalue weighted by atomic mass is 32.2. The molecule has 2 aliphatic heterocycles. The molecular formula is C12H19N3O3S2. The lowest BCUT2D eigenvalue weighted by atomic mass is 10.0. The van der Waals surface area contributed by atoms with Crippen LogP contribution in [-0.4, -0.2) is 54.8 Å². The van der Waals surface area contributed by atoms with Gasteiger partial charge in [-0.15, -0.1) is 0 Å². The predicted molar refractivity (Wildman–Crippen MR) is 77.6 cm³/mol. The third kappa shape index (κ3) is 2.45. The fraction of sp³-hybridized carbons (Fsp3) is 0.750. The van der Waals surface area contributed by atoms with Gasteiger partial charge in [-0.1, -0.05) is 17.8 Å². The van der Waals surface area contributed by atoms with Crippen molar-refractivity contribution in [3.63, 3.8) is 0 Å². The van der Waals surface area contributed by atoms with Crippen LogP contribution in [0.25, 0.3) is 0 Å². The summed E-state index contributed by atoms with van der Waals surface area (Å²) in [7, 11) is -3.53. The van der Waals surface area contributed by atoms with Gasteiger partial charge < -0.3 is 4.98 Å². The Balaban J connectivity index is 1.85. The highest BCUT2D eigenvalue weighted by Crippen LogP contribution is 2.27. The van der Waals surface area contributed by atoms with Crippen molar-refractivity contribution in [2.75, 3.05) is 26.2 Å². The van der Waals surface area contributed by atoms with Crippen molar-refractivity contribution in [2.24, 2.45) is 0 Å². The van der Waals surface area contributed by atoms with E-state index in [0.717, 1.165) is 30.8 Å². The number of hydrogen-bond acceptors (Lipinski definition) is 5. The Morgan fingerprint density at radius 2 is 2.05 bits per heavy atom. The zero-order valence-electron chi connectivity index (χ0n) is 11.5. The van der Waals surface area contributed by atoms with Crippen molar-refractivity contribution >= 4 is 21.4 Å². The number of nitrogens with one attached hydrogen (secondary N) is 1. The third-order valence-electron chi connectivity index (χ3n) is 4.16. The van der Waals surface area contributed by atoms with Crippen molar-refractivity contribution in [1.29, 1.82) is 0 Å². The van der Waals surface area contributed by atoms with Crippen molar-refractivity contribution in [3.8, 4) is 0 Å². The van der Waals surface area contributed by atoms with Crippen molar-refractivity contribution in [2.45, 2.75) is 36.4 Å². The summed E-state index contributed by atoms with van der Waals surface area (Å²) >= 11 is 0.790. The number of thiazole rings is 1. The van der Waals surface area contributed by atoms with Gasteiger partial charge in [0, 0.05) is 31.4 Å². The minimum absolute atomic E-state index is 0.173. The second-order valence-corrected chi connectivity index (χ2v) is 8.59. The molecule has 1 aromatic rings. The molecule has 112 valence electrons. The van der Waals surface area contributed by atoms with E-state index in [4.69, 9.17) is 0 Å². The first-order valence-corrected chi connectivity index (χ1v) is 9.18. The monoisotopic (exact) mass is 317 g/mol. The molecule has 1 atom stereocenters. The molecule has 8 heteroatoms. The fourth-order valence-corrected chi connectivity index (χ4v) is 6.00. The van der Waals surface area contributed by atoms with E-state index in [2.05, 4.69) is 9.88 Å². The van der Waals surface area contributed by atoms with Crippen LogP contribution in [0.15, 0.2) is 9.00 Å². The number of H-pyrrole nitrogens is 1. The Bertz CT molecular complexity index is 649. The Labute approximate surface area is 122 Å². The molecule has 0 spiro atoms. The van der Waals surface area contributed by atoms with Crippen molar-refractivity contribution in [1.82, 2.24) is 14.2 Å². The smallest absolute Gasteiger partial charge is 0.305 e. The van der Waals surface area contributed by atoms with Crippen molar-refractivity contribution < 1.29 is 8.42 Å². The van der Waals surface area contributed by atoms with Gasteiger partial charge in [-0.25, -0.2) is 8.42 Å². The van der Waals surface area contributed by atoms with Crippen LogP contribution in [0, 0.1) is 6.92 Å². The number of aromatic amines is 1.